The first-order valence-electron chi connectivity index (χ1n) is 4.30. The van der Waals surface area contributed by atoms with E-state index in [4.69, 9.17) is 0 Å². The number of aryl methyl sites for hydroxylation is 1. The highest BCUT2D eigenvalue weighted by Gasteiger charge is 2.07. The number of hydrogen-bond donors (Lipinski definition) is 1. The normalized spacial score (nSPS) is 10.4. The molecule has 2 nitrogen and oxygen atoms in total. The van der Waals surface area contributed by atoms with Crippen LogP contribution in [0.3, 0.4) is 0 Å². The molecule has 0 unspecified atom stereocenters. The van der Waals surface area contributed by atoms with Crippen molar-refractivity contribution in [1.82, 2.24) is 4.98 Å². The number of rotatable bonds is 2. The summed E-state index contributed by atoms with van der Waals surface area (Å²) in [5.74, 6) is 0.479. The van der Waals surface area contributed by atoms with Gasteiger partial charge in [0.05, 0.1) is 11.4 Å². The standard InChI is InChI=1S/C10H16N2/c1-7(2)9-10(11-4)8(3)5-6-12-9/h5-7,11H,1-4H3. The summed E-state index contributed by atoms with van der Waals surface area (Å²) in [4.78, 5) is 4.35. The minimum Gasteiger partial charge on any atom is -0.386 e. The molecule has 1 heterocycles. The fraction of sp³-hybridized carbons (Fsp3) is 0.500. The maximum Gasteiger partial charge on any atom is 0.0662 e. The Morgan fingerprint density at radius 2 is 2.08 bits per heavy atom. The van der Waals surface area contributed by atoms with Gasteiger partial charge in [0.15, 0.2) is 0 Å². The van der Waals surface area contributed by atoms with Crippen molar-refractivity contribution in [2.75, 3.05) is 12.4 Å². The lowest BCUT2D eigenvalue weighted by atomic mass is 10.1. The van der Waals surface area contributed by atoms with E-state index in [1.165, 1.54) is 11.3 Å². The zero-order valence-electron chi connectivity index (χ0n) is 8.18. The van der Waals surface area contributed by atoms with Crippen molar-refractivity contribution >= 4 is 5.69 Å². The summed E-state index contributed by atoms with van der Waals surface area (Å²) in [7, 11) is 1.94. The highest BCUT2D eigenvalue weighted by atomic mass is 14.9. The number of nitrogens with zero attached hydrogens (tertiary/aromatic N) is 1. The third-order valence-corrected chi connectivity index (χ3v) is 1.99. The third-order valence-electron chi connectivity index (χ3n) is 1.99. The number of anilines is 1. The summed E-state index contributed by atoms with van der Waals surface area (Å²) in [6, 6.07) is 2.03. The van der Waals surface area contributed by atoms with Crippen LogP contribution in [0.25, 0.3) is 0 Å². The van der Waals surface area contributed by atoms with Gasteiger partial charge in [-0.1, -0.05) is 13.8 Å². The molecule has 0 atom stereocenters. The topological polar surface area (TPSA) is 24.9 Å². The molecule has 2 heteroatoms. The Balaban J connectivity index is 3.18. The second-order valence-corrected chi connectivity index (χ2v) is 3.29. The third kappa shape index (κ3) is 1.58. The quantitative estimate of drug-likeness (QED) is 0.726. The van der Waals surface area contributed by atoms with Gasteiger partial charge >= 0.3 is 0 Å². The van der Waals surface area contributed by atoms with Gasteiger partial charge in [-0.15, -0.1) is 0 Å². The molecule has 0 fully saturated rings. The van der Waals surface area contributed by atoms with Crippen LogP contribution in [0.4, 0.5) is 5.69 Å². The molecular formula is C10H16N2. The van der Waals surface area contributed by atoms with Crippen LogP contribution in [0.1, 0.15) is 31.0 Å². The minimum absolute atomic E-state index is 0.479. The monoisotopic (exact) mass is 164 g/mol. The first-order chi connectivity index (χ1) is 5.66. The molecule has 0 radical (unpaired) electrons. The van der Waals surface area contributed by atoms with Gasteiger partial charge in [0.25, 0.3) is 0 Å². The van der Waals surface area contributed by atoms with Crippen LogP contribution in [0.5, 0.6) is 0 Å². The van der Waals surface area contributed by atoms with Crippen LogP contribution in [0, 0.1) is 6.92 Å². The molecule has 1 N–H and O–H groups in total. The second-order valence-electron chi connectivity index (χ2n) is 3.29. The number of pyridine rings is 1. The Hall–Kier alpha value is -1.05. The molecule has 0 aliphatic rings. The Kier molecular flexibility index (Phi) is 2.69. The molecule has 0 aliphatic carbocycles. The predicted octanol–water partition coefficient (Wildman–Crippen LogP) is 2.56. The van der Waals surface area contributed by atoms with Crippen molar-refractivity contribution < 1.29 is 0 Å². The van der Waals surface area contributed by atoms with Crippen LogP contribution in [0.2, 0.25) is 0 Å². The summed E-state index contributed by atoms with van der Waals surface area (Å²) in [6.45, 7) is 6.41. The summed E-state index contributed by atoms with van der Waals surface area (Å²) in [5, 5.41) is 3.18. The minimum atomic E-state index is 0.479. The summed E-state index contributed by atoms with van der Waals surface area (Å²) < 4.78 is 0. The molecule has 0 aromatic carbocycles. The Bertz CT molecular complexity index is 267. The van der Waals surface area contributed by atoms with Gasteiger partial charge in [0.1, 0.15) is 0 Å². The molecule has 12 heavy (non-hydrogen) atoms. The van der Waals surface area contributed by atoms with E-state index in [2.05, 4.69) is 31.1 Å². The van der Waals surface area contributed by atoms with Crippen molar-refractivity contribution in [2.45, 2.75) is 26.7 Å². The van der Waals surface area contributed by atoms with Crippen molar-refractivity contribution in [1.29, 1.82) is 0 Å². The maximum absolute atomic E-state index is 4.35. The summed E-state index contributed by atoms with van der Waals surface area (Å²) in [5.41, 5.74) is 3.58. The zero-order valence-corrected chi connectivity index (χ0v) is 8.18. The molecule has 1 aromatic heterocycles. The van der Waals surface area contributed by atoms with E-state index in [-0.39, 0.29) is 0 Å². The smallest absolute Gasteiger partial charge is 0.0662 e. The molecular weight excluding hydrogens is 148 g/mol. The largest absolute Gasteiger partial charge is 0.386 e. The Morgan fingerprint density at radius 3 is 2.50 bits per heavy atom. The van der Waals surface area contributed by atoms with E-state index >= 15 is 0 Å². The first-order valence-corrected chi connectivity index (χ1v) is 4.30. The molecule has 1 rings (SSSR count). The van der Waals surface area contributed by atoms with E-state index in [0.29, 0.717) is 5.92 Å². The van der Waals surface area contributed by atoms with Crippen LogP contribution in [0.15, 0.2) is 12.3 Å². The van der Waals surface area contributed by atoms with Crippen molar-refractivity contribution in [3.8, 4) is 0 Å². The van der Waals surface area contributed by atoms with E-state index in [0.717, 1.165) is 5.69 Å². The summed E-state index contributed by atoms with van der Waals surface area (Å²) >= 11 is 0. The highest BCUT2D eigenvalue weighted by molar-refractivity contribution is 5.54. The molecule has 1 aromatic rings. The molecule has 0 spiro atoms. The fourth-order valence-electron chi connectivity index (χ4n) is 1.34. The summed E-state index contributed by atoms with van der Waals surface area (Å²) in [6.07, 6.45) is 1.87. The molecule has 0 saturated heterocycles. The lowest BCUT2D eigenvalue weighted by Crippen LogP contribution is -2.02. The van der Waals surface area contributed by atoms with E-state index < -0.39 is 0 Å². The van der Waals surface area contributed by atoms with Crippen LogP contribution < -0.4 is 5.32 Å². The van der Waals surface area contributed by atoms with Crippen molar-refractivity contribution in [3.63, 3.8) is 0 Å². The van der Waals surface area contributed by atoms with Gasteiger partial charge in [-0.3, -0.25) is 4.98 Å². The number of hydrogen-bond acceptors (Lipinski definition) is 2. The van der Waals surface area contributed by atoms with E-state index in [1.807, 2.05) is 19.3 Å². The van der Waals surface area contributed by atoms with Crippen molar-refractivity contribution in [2.24, 2.45) is 0 Å². The lowest BCUT2D eigenvalue weighted by Gasteiger charge is -2.12. The average Bonchev–Trinajstić information content (AvgIpc) is 2.03. The van der Waals surface area contributed by atoms with Crippen molar-refractivity contribution in [3.05, 3.63) is 23.5 Å². The van der Waals surface area contributed by atoms with Crippen LogP contribution in [-0.2, 0) is 0 Å². The fourth-order valence-corrected chi connectivity index (χ4v) is 1.34. The van der Waals surface area contributed by atoms with E-state index in [1.54, 1.807) is 0 Å². The molecule has 0 aliphatic heterocycles. The predicted molar refractivity (Wildman–Crippen MR) is 52.6 cm³/mol. The Labute approximate surface area is 74.0 Å². The number of aromatic nitrogens is 1. The second kappa shape index (κ2) is 3.57. The maximum atomic E-state index is 4.35. The SMILES string of the molecule is CNc1c(C)ccnc1C(C)C. The van der Waals surface area contributed by atoms with Crippen LogP contribution in [-0.4, -0.2) is 12.0 Å². The molecule has 66 valence electrons. The van der Waals surface area contributed by atoms with Gasteiger partial charge < -0.3 is 5.32 Å². The van der Waals surface area contributed by atoms with Gasteiger partial charge in [0, 0.05) is 13.2 Å². The highest BCUT2D eigenvalue weighted by Crippen LogP contribution is 2.23. The Morgan fingerprint density at radius 1 is 1.42 bits per heavy atom. The van der Waals surface area contributed by atoms with Gasteiger partial charge in [-0.05, 0) is 24.5 Å². The zero-order chi connectivity index (χ0) is 9.14. The van der Waals surface area contributed by atoms with Gasteiger partial charge in [-0.25, -0.2) is 0 Å². The number of nitrogens with one attached hydrogen (secondary N) is 1. The van der Waals surface area contributed by atoms with Gasteiger partial charge in [-0.2, -0.15) is 0 Å². The molecule has 0 saturated carbocycles. The molecule has 0 bridgehead atoms. The average molecular weight is 164 g/mol. The van der Waals surface area contributed by atoms with Gasteiger partial charge in [0.2, 0.25) is 0 Å². The first kappa shape index (κ1) is 9.04. The molecule has 0 amide bonds. The van der Waals surface area contributed by atoms with Crippen LogP contribution >= 0.6 is 0 Å². The lowest BCUT2D eigenvalue weighted by molar-refractivity contribution is 0.823. The van der Waals surface area contributed by atoms with E-state index in [9.17, 15) is 0 Å².